The second kappa shape index (κ2) is 16.4. The first-order chi connectivity index (χ1) is 27.5. The van der Waals surface area contributed by atoms with Gasteiger partial charge in [0.1, 0.15) is 0 Å². The van der Waals surface area contributed by atoms with Crippen LogP contribution in [-0.2, 0) is 9.13 Å². The molecule has 6 aromatic carbocycles. The van der Waals surface area contributed by atoms with E-state index in [1.807, 2.05) is 133 Å². The SMILES string of the molecule is CCCCOc1cc(P(=O)(c2ccccc2)c2ccccc2)c(-c2c(P(=O)(c3ccccc3)c3ccccc3)cc(OCCCC)c3c2OCO3)c2c1OCO2. The molecule has 8 rings (SSSR count). The average Bonchev–Trinajstić information content (AvgIpc) is 3.96. The van der Waals surface area contributed by atoms with Gasteiger partial charge in [-0.25, -0.2) is 0 Å². The topological polar surface area (TPSA) is 89.5 Å². The minimum atomic E-state index is -3.79. The summed E-state index contributed by atoms with van der Waals surface area (Å²) in [6.45, 7) is 4.84. The minimum absolute atomic E-state index is 0.0982. The van der Waals surface area contributed by atoms with Crippen molar-refractivity contribution in [2.24, 2.45) is 0 Å². The van der Waals surface area contributed by atoms with E-state index in [2.05, 4.69) is 13.8 Å². The molecule has 2 aliphatic heterocycles. The van der Waals surface area contributed by atoms with Gasteiger partial charge in [0.15, 0.2) is 37.3 Å². The molecule has 0 aliphatic carbocycles. The van der Waals surface area contributed by atoms with Crippen LogP contribution >= 0.6 is 14.3 Å². The van der Waals surface area contributed by atoms with E-state index in [0.717, 1.165) is 25.7 Å². The summed E-state index contributed by atoms with van der Waals surface area (Å²) in [6.07, 6.45) is 3.46. The molecule has 0 fully saturated rings. The molecule has 0 saturated carbocycles. The quantitative estimate of drug-likeness (QED) is 0.0758. The van der Waals surface area contributed by atoms with Gasteiger partial charge in [0, 0.05) is 43.0 Å². The molecule has 0 saturated heterocycles. The number of unbranched alkanes of at least 4 members (excludes halogenated alkanes) is 2. The van der Waals surface area contributed by atoms with Crippen LogP contribution in [0.25, 0.3) is 11.1 Å². The van der Waals surface area contributed by atoms with Crippen molar-refractivity contribution in [3.8, 4) is 45.6 Å². The Kier molecular flexibility index (Phi) is 11.0. The molecule has 0 amide bonds. The Labute approximate surface area is 328 Å². The van der Waals surface area contributed by atoms with E-state index in [1.165, 1.54) is 0 Å². The fourth-order valence-electron chi connectivity index (χ4n) is 7.30. The van der Waals surface area contributed by atoms with Crippen molar-refractivity contribution < 1.29 is 37.6 Å². The van der Waals surface area contributed by atoms with Crippen LogP contribution in [0.4, 0.5) is 0 Å². The first-order valence-corrected chi connectivity index (χ1v) is 22.5. The maximum atomic E-state index is 16.6. The van der Waals surface area contributed by atoms with Gasteiger partial charge in [-0.15, -0.1) is 0 Å². The first-order valence-electron chi connectivity index (χ1n) is 19.1. The smallest absolute Gasteiger partial charge is 0.231 e. The third-order valence-electron chi connectivity index (χ3n) is 10.1. The molecule has 8 nitrogen and oxygen atoms in total. The van der Waals surface area contributed by atoms with Gasteiger partial charge >= 0.3 is 0 Å². The van der Waals surface area contributed by atoms with Crippen LogP contribution in [0.15, 0.2) is 133 Å². The second-order valence-corrected chi connectivity index (χ2v) is 19.1. The third-order valence-corrected chi connectivity index (χ3v) is 16.3. The Morgan fingerprint density at radius 2 is 0.768 bits per heavy atom. The number of ether oxygens (including phenoxy) is 6. The van der Waals surface area contributed by atoms with Gasteiger partial charge in [-0.05, 0) is 25.0 Å². The largest absolute Gasteiger partial charge is 0.490 e. The zero-order valence-corrected chi connectivity index (χ0v) is 33.3. The highest BCUT2D eigenvalue weighted by atomic mass is 31.2. The first kappa shape index (κ1) is 37.5. The Bertz CT molecular complexity index is 2150. The van der Waals surface area contributed by atoms with Gasteiger partial charge in [0.2, 0.25) is 25.1 Å². The molecule has 6 aromatic rings. The molecule has 0 bridgehead atoms. The monoisotopic (exact) mass is 786 g/mol. The summed E-state index contributed by atoms with van der Waals surface area (Å²) in [6, 6.07) is 41.4. The fourth-order valence-corrected chi connectivity index (χ4v) is 13.0. The van der Waals surface area contributed by atoms with Crippen molar-refractivity contribution >= 4 is 46.1 Å². The molecule has 10 heteroatoms. The predicted octanol–water partition coefficient (Wildman–Crippen LogP) is 8.45. The van der Waals surface area contributed by atoms with Crippen LogP contribution in [0.1, 0.15) is 39.5 Å². The summed E-state index contributed by atoms with van der Waals surface area (Å²) in [5.74, 6) is 2.24. The van der Waals surface area contributed by atoms with E-state index >= 15 is 9.13 Å². The Morgan fingerprint density at radius 3 is 1.07 bits per heavy atom. The van der Waals surface area contributed by atoms with Crippen molar-refractivity contribution in [1.82, 2.24) is 0 Å². The molecule has 0 spiro atoms. The van der Waals surface area contributed by atoms with Crippen LogP contribution in [0, 0.1) is 0 Å². The number of rotatable bonds is 15. The van der Waals surface area contributed by atoms with E-state index in [-0.39, 0.29) is 13.6 Å². The summed E-state index contributed by atoms with van der Waals surface area (Å²) in [7, 11) is -7.57. The highest BCUT2D eigenvalue weighted by Gasteiger charge is 2.44. The fraction of sp³-hybridized carbons (Fsp3) is 0.217. The van der Waals surface area contributed by atoms with E-state index in [9.17, 15) is 0 Å². The van der Waals surface area contributed by atoms with Crippen LogP contribution in [-0.4, -0.2) is 26.8 Å². The van der Waals surface area contributed by atoms with Crippen molar-refractivity contribution in [2.45, 2.75) is 39.5 Å². The number of benzene rings is 6. The van der Waals surface area contributed by atoms with Gasteiger partial charge in [0.25, 0.3) is 0 Å². The van der Waals surface area contributed by atoms with Gasteiger partial charge in [0.05, 0.1) is 13.2 Å². The minimum Gasteiger partial charge on any atom is -0.490 e. The normalized spacial score (nSPS) is 13.1. The molecular weight excluding hydrogens is 742 g/mol. The average molecular weight is 787 g/mol. The van der Waals surface area contributed by atoms with Gasteiger partial charge < -0.3 is 37.6 Å². The van der Waals surface area contributed by atoms with Crippen LogP contribution < -0.4 is 60.2 Å². The van der Waals surface area contributed by atoms with Crippen molar-refractivity contribution in [2.75, 3.05) is 26.8 Å². The van der Waals surface area contributed by atoms with Crippen LogP contribution in [0.2, 0.25) is 0 Å². The maximum absolute atomic E-state index is 16.6. The lowest BCUT2D eigenvalue weighted by atomic mass is 10.0. The molecule has 0 radical (unpaired) electrons. The van der Waals surface area contributed by atoms with E-state index < -0.39 is 14.3 Å². The second-order valence-electron chi connectivity index (χ2n) is 13.6. The highest BCUT2D eigenvalue weighted by Crippen LogP contribution is 2.60. The zero-order chi connectivity index (χ0) is 38.5. The Balaban J connectivity index is 1.55. The lowest BCUT2D eigenvalue weighted by Gasteiger charge is -2.29. The van der Waals surface area contributed by atoms with Crippen molar-refractivity contribution in [3.63, 3.8) is 0 Å². The van der Waals surface area contributed by atoms with Gasteiger partial charge in [-0.1, -0.05) is 148 Å². The standard InChI is InChI=1S/C46H44O8P2/c1-3-5-27-49-37-29-39(55(47,33-19-11-7-12-20-33)34-21-13-8-14-22-34)41(45-43(37)51-31-53-45)42-40(30-38(50-28-6-4-2)44-46(42)54-32-52-44)56(48,35-23-15-9-16-24-35)36-25-17-10-18-26-36/h7-26,29-30H,3-6,27-28,31-32H2,1-2H3. The number of hydrogen-bond donors (Lipinski definition) is 0. The Hall–Kier alpha value is -5.42. The predicted molar refractivity (Wildman–Crippen MR) is 224 cm³/mol. The summed E-state index contributed by atoms with van der Waals surface area (Å²) in [5, 5.41) is 3.28. The van der Waals surface area contributed by atoms with Crippen molar-refractivity contribution in [3.05, 3.63) is 133 Å². The molecule has 286 valence electrons. The van der Waals surface area contributed by atoms with E-state index in [4.69, 9.17) is 28.4 Å². The van der Waals surface area contributed by atoms with Gasteiger partial charge in [-0.2, -0.15) is 0 Å². The molecular formula is C46H44O8P2. The lowest BCUT2D eigenvalue weighted by Crippen LogP contribution is -2.30. The molecule has 0 N–H and O–H groups in total. The third kappa shape index (κ3) is 6.65. The molecule has 2 heterocycles. The van der Waals surface area contributed by atoms with Gasteiger partial charge in [-0.3, -0.25) is 0 Å². The number of fused-ring (bicyclic) bond motifs is 2. The molecule has 0 unspecified atom stereocenters. The molecule has 2 aliphatic rings. The maximum Gasteiger partial charge on any atom is 0.231 e. The summed E-state index contributed by atoms with van der Waals surface area (Å²) < 4.78 is 71.4. The summed E-state index contributed by atoms with van der Waals surface area (Å²) >= 11 is 0. The Morgan fingerprint density at radius 1 is 0.464 bits per heavy atom. The summed E-state index contributed by atoms with van der Waals surface area (Å²) in [4.78, 5) is 0. The van der Waals surface area contributed by atoms with Crippen LogP contribution in [0.3, 0.4) is 0 Å². The highest BCUT2D eigenvalue weighted by molar-refractivity contribution is 7.86. The molecule has 0 atom stereocenters. The lowest BCUT2D eigenvalue weighted by molar-refractivity contribution is 0.168. The number of hydrogen-bond acceptors (Lipinski definition) is 8. The van der Waals surface area contributed by atoms with E-state index in [1.54, 1.807) is 0 Å². The zero-order valence-electron chi connectivity index (χ0n) is 31.5. The van der Waals surface area contributed by atoms with Crippen LogP contribution in [0.5, 0.6) is 34.5 Å². The summed E-state index contributed by atoms with van der Waals surface area (Å²) in [5.41, 5.74) is 0.862. The van der Waals surface area contributed by atoms with Crippen molar-refractivity contribution in [1.29, 1.82) is 0 Å². The molecule has 0 aromatic heterocycles. The molecule has 56 heavy (non-hydrogen) atoms. The van der Waals surface area contributed by atoms with E-state index in [0.29, 0.717) is 90.7 Å².